The van der Waals surface area contributed by atoms with Crippen LogP contribution in [0.3, 0.4) is 0 Å². The van der Waals surface area contributed by atoms with Gasteiger partial charge in [0.1, 0.15) is 18.2 Å². The molecule has 2 aromatic rings. The summed E-state index contributed by atoms with van der Waals surface area (Å²) >= 11 is 0. The van der Waals surface area contributed by atoms with Gasteiger partial charge in [0.15, 0.2) is 17.0 Å². The number of aromatic nitrogens is 4. The van der Waals surface area contributed by atoms with E-state index in [-0.39, 0.29) is 23.2 Å². The number of methoxy groups -OCH3 is 1. The average Bonchev–Trinajstić information content (AvgIpc) is 3.17. The number of rotatable bonds is 12. The van der Waals surface area contributed by atoms with Gasteiger partial charge in [-0.15, -0.1) is 0 Å². The molecule has 15 heteroatoms. The highest BCUT2D eigenvalue weighted by Gasteiger charge is 2.42. The van der Waals surface area contributed by atoms with Crippen LogP contribution in [0.25, 0.3) is 11.2 Å². The minimum atomic E-state index is -2.94. The first-order valence-electron chi connectivity index (χ1n) is 10.5. The van der Waals surface area contributed by atoms with E-state index in [4.69, 9.17) is 19.7 Å². The smallest absolute Gasteiger partial charge is 0.323 e. The van der Waals surface area contributed by atoms with E-state index >= 15 is 4.39 Å². The van der Waals surface area contributed by atoms with Gasteiger partial charge in [-0.2, -0.15) is 9.97 Å². The van der Waals surface area contributed by atoms with Gasteiger partial charge in [0.2, 0.25) is 11.7 Å². The summed E-state index contributed by atoms with van der Waals surface area (Å²) in [6.07, 6.45) is -2.17. The lowest BCUT2D eigenvalue weighted by Crippen LogP contribution is -2.48. The Labute approximate surface area is 197 Å². The van der Waals surface area contributed by atoms with Gasteiger partial charge in [0.05, 0.1) is 19.0 Å². The number of imidazole rings is 1. The van der Waals surface area contributed by atoms with Gasteiger partial charge in [-0.05, 0) is 27.7 Å². The Balaban J connectivity index is 2.15. The van der Waals surface area contributed by atoms with Crippen LogP contribution in [-0.4, -0.2) is 82.8 Å². The molecule has 0 saturated carbocycles. The molecule has 192 valence electrons. The Morgan fingerprint density at radius 3 is 2.59 bits per heavy atom. The van der Waals surface area contributed by atoms with E-state index in [0.717, 1.165) is 11.5 Å². The first-order valence-corrected chi connectivity index (χ1v) is 11.8. The fourth-order valence-corrected chi connectivity index (χ4v) is 3.94. The number of nitrogens with zero attached hydrogens (tertiary/aromatic N) is 5. The predicted molar refractivity (Wildman–Crippen MR) is 124 cm³/mol. The van der Waals surface area contributed by atoms with Crippen molar-refractivity contribution in [1.29, 1.82) is 0 Å². The maximum atomic E-state index is 15.9. The number of fused-ring (bicyclic) bond motifs is 1. The van der Waals surface area contributed by atoms with Gasteiger partial charge < -0.3 is 29.7 Å². The van der Waals surface area contributed by atoms with Crippen LogP contribution in [0.5, 0.6) is 0 Å². The zero-order valence-electron chi connectivity index (χ0n) is 20.3. The van der Waals surface area contributed by atoms with Crippen molar-refractivity contribution in [3.8, 4) is 0 Å². The lowest BCUT2D eigenvalue weighted by atomic mass is 10.0. The van der Waals surface area contributed by atoms with Crippen LogP contribution in [0, 0.1) is 0 Å². The topological polar surface area (TPSA) is 167 Å². The minimum Gasteiger partial charge on any atom is -0.462 e. The number of aliphatic hydroxyl groups is 1. The van der Waals surface area contributed by atoms with Crippen molar-refractivity contribution in [2.24, 2.45) is 0 Å². The quantitative estimate of drug-likeness (QED) is 0.275. The monoisotopic (exact) mass is 505 g/mol. The second kappa shape index (κ2) is 11.4. The van der Waals surface area contributed by atoms with Gasteiger partial charge in [-0.25, -0.2) is 14.5 Å². The van der Waals surface area contributed by atoms with E-state index < -0.39 is 44.8 Å². The maximum Gasteiger partial charge on any atom is 0.323 e. The van der Waals surface area contributed by atoms with Gasteiger partial charge >= 0.3 is 5.97 Å². The molecule has 0 aliphatic rings. The third kappa shape index (κ3) is 6.39. The van der Waals surface area contributed by atoms with Crippen LogP contribution in [0.2, 0.25) is 0 Å². The van der Waals surface area contributed by atoms with Crippen LogP contribution < -0.4 is 15.7 Å². The number of alkyl halides is 1. The summed E-state index contributed by atoms with van der Waals surface area (Å²) in [5, 5.41) is 13.3. The van der Waals surface area contributed by atoms with Crippen molar-refractivity contribution >= 4 is 37.1 Å². The van der Waals surface area contributed by atoms with E-state index in [2.05, 4.69) is 20.0 Å². The molecule has 5 atom stereocenters. The van der Waals surface area contributed by atoms with Crippen molar-refractivity contribution in [3.63, 3.8) is 0 Å². The standard InChI is InChI=1S/C19H33FN7O6P/c1-10(2)33-17(29)11(3)25-34(30)32-8-12(31-7)14(28)19(4,20)27-9-22-13-15(26(5)6)23-18(21)24-16(13)27/h9-12,14,28,34H,8H2,1-7H3,(H,25,30)(H2,21,23,24)/t11-,12?,14+,19-/m0/s1. The molecule has 0 amide bonds. The zero-order valence-corrected chi connectivity index (χ0v) is 21.3. The number of carbonyl (C=O) groups is 1. The van der Waals surface area contributed by atoms with E-state index in [1.807, 2.05) is 0 Å². The molecule has 0 saturated heterocycles. The number of carbonyl (C=O) groups excluding carboxylic acids is 1. The maximum absolute atomic E-state index is 15.9. The summed E-state index contributed by atoms with van der Waals surface area (Å²) in [5.41, 5.74) is 6.14. The minimum absolute atomic E-state index is 0.0729. The molecule has 4 N–H and O–H groups in total. The van der Waals surface area contributed by atoms with Gasteiger partial charge in [-0.3, -0.25) is 13.9 Å². The summed E-state index contributed by atoms with van der Waals surface area (Å²) in [5.74, 6) is -2.78. The Morgan fingerprint density at radius 2 is 2.03 bits per heavy atom. The van der Waals surface area contributed by atoms with Crippen molar-refractivity contribution in [2.45, 2.75) is 57.8 Å². The number of hydrogen-bond acceptors (Lipinski definition) is 11. The average molecular weight is 505 g/mol. The SMILES string of the molecule is COC(CO[PH](=O)N[C@@H](C)C(=O)OC(C)C)[C@@H](O)[C@@](C)(F)n1cnc2c(N(C)C)nc(N)nc21. The van der Waals surface area contributed by atoms with Gasteiger partial charge in [0, 0.05) is 21.2 Å². The Bertz CT molecular complexity index is 1020. The molecule has 2 rings (SSSR count). The normalized spacial score (nSPS) is 17.2. The van der Waals surface area contributed by atoms with Crippen molar-refractivity contribution in [1.82, 2.24) is 24.6 Å². The predicted octanol–water partition coefficient (Wildman–Crippen LogP) is 0.829. The number of hydrogen-bond donors (Lipinski definition) is 3. The first kappa shape index (κ1) is 27.9. The number of anilines is 2. The number of nitrogen functional groups attached to an aromatic ring is 1. The summed E-state index contributed by atoms with van der Waals surface area (Å²) in [6, 6.07) is -0.889. The van der Waals surface area contributed by atoms with E-state index in [1.54, 1.807) is 32.8 Å². The molecule has 2 heterocycles. The lowest BCUT2D eigenvalue weighted by molar-refractivity contribution is -0.149. The largest absolute Gasteiger partial charge is 0.462 e. The molecule has 0 aromatic carbocycles. The number of aliphatic hydroxyl groups excluding tert-OH is 1. The molecule has 2 unspecified atom stereocenters. The van der Waals surface area contributed by atoms with Crippen LogP contribution in [0.1, 0.15) is 27.7 Å². The molecule has 0 bridgehead atoms. The molecule has 0 fully saturated rings. The van der Waals surface area contributed by atoms with Gasteiger partial charge in [0.25, 0.3) is 8.18 Å². The van der Waals surface area contributed by atoms with Crippen LogP contribution in [0.15, 0.2) is 6.33 Å². The molecule has 0 radical (unpaired) electrons. The molecule has 34 heavy (non-hydrogen) atoms. The van der Waals surface area contributed by atoms with Crippen molar-refractivity contribution < 1.29 is 32.9 Å². The third-order valence-corrected chi connectivity index (χ3v) is 6.00. The zero-order chi connectivity index (χ0) is 25.8. The molecule has 0 aliphatic carbocycles. The lowest BCUT2D eigenvalue weighted by Gasteiger charge is -2.32. The number of ether oxygens (including phenoxy) is 2. The summed E-state index contributed by atoms with van der Waals surface area (Å²) in [4.78, 5) is 25.9. The van der Waals surface area contributed by atoms with Crippen molar-refractivity contribution in [3.05, 3.63) is 6.33 Å². The first-order chi connectivity index (χ1) is 15.8. The number of nitrogens with two attached hydrogens (primary N) is 1. The van der Waals surface area contributed by atoms with Crippen molar-refractivity contribution in [2.75, 3.05) is 38.4 Å². The number of halogens is 1. The van der Waals surface area contributed by atoms with E-state index in [1.165, 1.54) is 20.4 Å². The second-order valence-corrected chi connectivity index (χ2v) is 9.43. The summed E-state index contributed by atoms with van der Waals surface area (Å²) in [7, 11) is 1.76. The van der Waals surface area contributed by atoms with E-state index in [9.17, 15) is 14.5 Å². The van der Waals surface area contributed by atoms with E-state index in [0.29, 0.717) is 5.82 Å². The highest BCUT2D eigenvalue weighted by Crippen LogP contribution is 2.32. The number of esters is 1. The Hall–Kier alpha value is -2.38. The Kier molecular flexibility index (Phi) is 9.31. The van der Waals surface area contributed by atoms with Gasteiger partial charge in [-0.1, -0.05) is 0 Å². The fraction of sp³-hybridized carbons (Fsp3) is 0.684. The second-order valence-electron chi connectivity index (χ2n) is 8.28. The molecule has 13 nitrogen and oxygen atoms in total. The molecule has 2 aromatic heterocycles. The molecular formula is C19H33FN7O6P. The highest BCUT2D eigenvalue weighted by molar-refractivity contribution is 7.36. The molecule has 0 spiro atoms. The molecular weight excluding hydrogens is 472 g/mol. The number of nitrogens with one attached hydrogen (secondary N) is 1. The third-order valence-electron chi connectivity index (χ3n) is 4.90. The molecule has 0 aliphatic heterocycles. The van der Waals surface area contributed by atoms with Crippen LogP contribution >= 0.6 is 8.18 Å². The summed E-state index contributed by atoms with van der Waals surface area (Å²) < 4.78 is 44.6. The fourth-order valence-electron chi connectivity index (χ4n) is 3.07. The van der Waals surface area contributed by atoms with Crippen LogP contribution in [-0.2, 0) is 29.1 Å². The highest BCUT2D eigenvalue weighted by atomic mass is 31.1. The summed E-state index contributed by atoms with van der Waals surface area (Å²) in [6.45, 7) is 5.53. The van der Waals surface area contributed by atoms with Crippen LogP contribution in [0.4, 0.5) is 16.2 Å². The Morgan fingerprint density at radius 1 is 1.38 bits per heavy atom.